The van der Waals surface area contributed by atoms with E-state index >= 15 is 0 Å². The number of ether oxygens (including phenoxy) is 2. The predicted octanol–water partition coefficient (Wildman–Crippen LogP) is 4.37. The van der Waals surface area contributed by atoms with Gasteiger partial charge in [0.15, 0.2) is 0 Å². The largest absolute Gasteiger partial charge is 0.490 e. The normalized spacial score (nSPS) is 11.5. The Kier molecular flexibility index (Phi) is 8.30. The molecule has 2 aromatic carbocycles. The third kappa shape index (κ3) is 5.70. The third-order valence-corrected chi connectivity index (χ3v) is 6.95. The number of nitrogens with zero attached hydrogens (tertiary/aromatic N) is 1. The van der Waals surface area contributed by atoms with Crippen molar-refractivity contribution in [3.63, 3.8) is 0 Å². The van der Waals surface area contributed by atoms with Gasteiger partial charge in [-0.3, -0.25) is 0 Å². The van der Waals surface area contributed by atoms with Gasteiger partial charge < -0.3 is 9.47 Å². The molecule has 9 heteroatoms. The zero-order chi connectivity index (χ0) is 20.7. The highest BCUT2D eigenvalue weighted by Crippen LogP contribution is 2.26. The van der Waals surface area contributed by atoms with E-state index in [1.165, 1.54) is 22.5 Å². The number of halogens is 2. The van der Waals surface area contributed by atoms with E-state index < -0.39 is 16.0 Å². The van der Waals surface area contributed by atoms with Crippen molar-refractivity contribution in [2.24, 2.45) is 0 Å². The first-order valence-corrected chi connectivity index (χ1v) is 11.3. The summed E-state index contributed by atoms with van der Waals surface area (Å²) in [5, 5.41) is 0.0574. The first kappa shape index (κ1) is 22.7. The third-order valence-electron chi connectivity index (χ3n) is 3.89. The molecule has 2 aromatic rings. The molecule has 0 radical (unpaired) electrons. The van der Waals surface area contributed by atoms with Crippen LogP contribution in [0.3, 0.4) is 0 Å². The van der Waals surface area contributed by atoms with Crippen LogP contribution >= 0.6 is 27.5 Å². The first-order chi connectivity index (χ1) is 13.3. The maximum atomic E-state index is 12.7. The summed E-state index contributed by atoms with van der Waals surface area (Å²) in [6.07, 6.45) is 0. The van der Waals surface area contributed by atoms with Crippen LogP contribution in [0.15, 0.2) is 51.8 Å². The lowest BCUT2D eigenvalue weighted by molar-refractivity contribution is 0.0450. The number of rotatable bonds is 9. The first-order valence-electron chi connectivity index (χ1n) is 8.64. The minimum absolute atomic E-state index is 0.0235. The summed E-state index contributed by atoms with van der Waals surface area (Å²) in [4.78, 5) is 12.2. The number of carbonyl (C=O) groups is 1. The summed E-state index contributed by atoms with van der Waals surface area (Å²) in [5.41, 5.74) is 0.110. The number of esters is 1. The summed E-state index contributed by atoms with van der Waals surface area (Å²) < 4.78 is 38.3. The monoisotopic (exact) mass is 489 g/mol. The number of carbonyl (C=O) groups excluding carboxylic acids is 1. The molecule has 0 amide bonds. The highest BCUT2D eigenvalue weighted by atomic mass is 79.9. The van der Waals surface area contributed by atoms with Crippen LogP contribution in [0.25, 0.3) is 0 Å². The molecule has 0 saturated heterocycles. The Balaban J connectivity index is 2.02. The van der Waals surface area contributed by atoms with E-state index in [-0.39, 0.29) is 28.7 Å². The van der Waals surface area contributed by atoms with Crippen LogP contribution in [0.1, 0.15) is 24.2 Å². The molecule has 0 aliphatic carbocycles. The van der Waals surface area contributed by atoms with E-state index in [9.17, 15) is 13.2 Å². The maximum absolute atomic E-state index is 12.7. The van der Waals surface area contributed by atoms with E-state index in [4.69, 9.17) is 21.1 Å². The number of hydrogen-bond donors (Lipinski definition) is 0. The second kappa shape index (κ2) is 10.2. The minimum atomic E-state index is -3.79. The highest BCUT2D eigenvalue weighted by molar-refractivity contribution is 9.10. The Morgan fingerprint density at radius 3 is 2.32 bits per heavy atom. The van der Waals surface area contributed by atoms with E-state index in [1.54, 1.807) is 26.0 Å². The van der Waals surface area contributed by atoms with Gasteiger partial charge in [0.1, 0.15) is 23.9 Å². The molecule has 2 rings (SSSR count). The topological polar surface area (TPSA) is 72.9 Å². The average molecular weight is 491 g/mol. The van der Waals surface area contributed by atoms with Gasteiger partial charge in [-0.1, -0.05) is 41.4 Å². The fraction of sp³-hybridized carbons (Fsp3) is 0.316. The Morgan fingerprint density at radius 1 is 1.07 bits per heavy atom. The second-order valence-electron chi connectivity index (χ2n) is 5.67. The molecule has 0 aromatic heterocycles. The maximum Gasteiger partial charge on any atom is 0.338 e. The summed E-state index contributed by atoms with van der Waals surface area (Å²) >= 11 is 9.40. The molecule has 28 heavy (non-hydrogen) atoms. The van der Waals surface area contributed by atoms with Crippen LogP contribution in [0.2, 0.25) is 5.02 Å². The molecule has 0 spiro atoms. The molecule has 0 heterocycles. The fourth-order valence-electron chi connectivity index (χ4n) is 2.44. The molecule has 6 nitrogen and oxygen atoms in total. The van der Waals surface area contributed by atoms with Gasteiger partial charge in [0.25, 0.3) is 0 Å². The fourth-order valence-corrected chi connectivity index (χ4v) is 4.66. The van der Waals surface area contributed by atoms with Crippen molar-refractivity contribution >= 4 is 43.5 Å². The van der Waals surface area contributed by atoms with Gasteiger partial charge in [-0.05, 0) is 42.5 Å². The van der Waals surface area contributed by atoms with E-state index in [2.05, 4.69) is 15.9 Å². The molecular formula is C19H21BrClNO5S. The lowest BCUT2D eigenvalue weighted by Crippen LogP contribution is -2.31. The lowest BCUT2D eigenvalue weighted by Gasteiger charge is -2.19. The Morgan fingerprint density at radius 2 is 1.71 bits per heavy atom. The quantitative estimate of drug-likeness (QED) is 0.385. The van der Waals surface area contributed by atoms with Crippen molar-refractivity contribution < 1.29 is 22.7 Å². The van der Waals surface area contributed by atoms with Gasteiger partial charge >= 0.3 is 5.97 Å². The van der Waals surface area contributed by atoms with Crippen molar-refractivity contribution in [3.8, 4) is 5.75 Å². The van der Waals surface area contributed by atoms with Crippen LogP contribution in [0, 0.1) is 0 Å². The Bertz CT molecular complexity index is 914. The number of benzene rings is 2. The minimum Gasteiger partial charge on any atom is -0.490 e. The molecule has 0 N–H and O–H groups in total. The molecular weight excluding hydrogens is 470 g/mol. The van der Waals surface area contributed by atoms with Gasteiger partial charge in [0.2, 0.25) is 10.0 Å². The SMILES string of the molecule is CCN(CC)S(=O)(=O)c1cc(C(=O)OCCOc2ccc(Br)cc2)ccc1Cl. The highest BCUT2D eigenvalue weighted by Gasteiger charge is 2.25. The molecule has 0 aliphatic rings. The summed E-state index contributed by atoms with van der Waals surface area (Å²) in [7, 11) is -3.79. The molecule has 0 aliphatic heterocycles. The van der Waals surface area contributed by atoms with Gasteiger partial charge in [-0.15, -0.1) is 0 Å². The lowest BCUT2D eigenvalue weighted by atomic mass is 10.2. The summed E-state index contributed by atoms with van der Waals surface area (Å²) in [5.74, 6) is 0.00501. The molecule has 152 valence electrons. The molecule has 0 saturated carbocycles. The smallest absolute Gasteiger partial charge is 0.338 e. The van der Waals surface area contributed by atoms with Crippen molar-refractivity contribution in [2.75, 3.05) is 26.3 Å². The van der Waals surface area contributed by atoms with E-state index in [1.807, 2.05) is 12.1 Å². The van der Waals surface area contributed by atoms with Crippen LogP contribution in [-0.4, -0.2) is 45.0 Å². The van der Waals surface area contributed by atoms with Crippen LogP contribution in [0.5, 0.6) is 5.75 Å². The summed E-state index contributed by atoms with van der Waals surface area (Å²) in [6, 6.07) is 11.3. The van der Waals surface area contributed by atoms with Crippen LogP contribution in [-0.2, 0) is 14.8 Å². The zero-order valence-corrected chi connectivity index (χ0v) is 18.7. The second-order valence-corrected chi connectivity index (χ2v) is 8.90. The van der Waals surface area contributed by atoms with Gasteiger partial charge in [-0.2, -0.15) is 4.31 Å². The van der Waals surface area contributed by atoms with Crippen LogP contribution < -0.4 is 4.74 Å². The molecule has 0 atom stereocenters. The summed E-state index contributed by atoms with van der Waals surface area (Å²) in [6.45, 7) is 4.27. The molecule has 0 unspecified atom stereocenters. The van der Waals surface area contributed by atoms with Crippen LogP contribution in [0.4, 0.5) is 0 Å². The predicted molar refractivity (Wildman–Crippen MR) is 111 cm³/mol. The number of sulfonamides is 1. The van der Waals surface area contributed by atoms with Crippen molar-refractivity contribution in [1.82, 2.24) is 4.31 Å². The van der Waals surface area contributed by atoms with Gasteiger partial charge in [-0.25, -0.2) is 13.2 Å². The van der Waals surface area contributed by atoms with E-state index in [0.717, 1.165) is 4.47 Å². The molecule has 0 bridgehead atoms. The van der Waals surface area contributed by atoms with Gasteiger partial charge in [0.05, 0.1) is 10.6 Å². The van der Waals surface area contributed by atoms with Crippen molar-refractivity contribution in [3.05, 3.63) is 57.5 Å². The van der Waals surface area contributed by atoms with Gasteiger partial charge in [0, 0.05) is 17.6 Å². The zero-order valence-electron chi connectivity index (χ0n) is 15.5. The van der Waals surface area contributed by atoms with E-state index in [0.29, 0.717) is 18.8 Å². The Labute approximate surface area is 178 Å². The van der Waals surface area contributed by atoms with Crippen molar-refractivity contribution in [1.29, 1.82) is 0 Å². The number of hydrogen-bond acceptors (Lipinski definition) is 5. The van der Waals surface area contributed by atoms with Crippen molar-refractivity contribution in [2.45, 2.75) is 18.7 Å². The Hall–Kier alpha value is -1.61. The average Bonchev–Trinajstić information content (AvgIpc) is 2.67. The molecule has 0 fully saturated rings. The standard InChI is InChI=1S/C19H21BrClNO5S/c1-3-22(4-2)28(24,25)18-13-14(5-10-17(18)21)19(23)27-12-11-26-16-8-6-15(20)7-9-16/h5-10,13H,3-4,11-12H2,1-2H3.